The molecule has 0 spiro atoms. The molecule has 25 heavy (non-hydrogen) atoms. The van der Waals surface area contributed by atoms with Crippen LogP contribution in [0.4, 0.5) is 5.69 Å². The quantitative estimate of drug-likeness (QED) is 0.612. The summed E-state index contributed by atoms with van der Waals surface area (Å²) in [5.74, 6) is -2.04. The Bertz CT molecular complexity index is 776. The van der Waals surface area contributed by atoms with Crippen LogP contribution in [-0.2, 0) is 14.4 Å². The monoisotopic (exact) mass is 404 g/mol. The van der Waals surface area contributed by atoms with E-state index in [1.807, 2.05) is 12.1 Å². The number of anilines is 1. The van der Waals surface area contributed by atoms with Gasteiger partial charge in [0, 0.05) is 10.2 Å². The Balaban J connectivity index is 1.44. The minimum Gasteiger partial charge on any atom is -0.480 e. The molecule has 7 unspecified atom stereocenters. The van der Waals surface area contributed by atoms with E-state index in [-0.39, 0.29) is 35.5 Å². The van der Waals surface area contributed by atoms with E-state index in [1.165, 1.54) is 6.92 Å². The zero-order valence-corrected chi connectivity index (χ0v) is 15.1. The van der Waals surface area contributed by atoms with Crippen LogP contribution in [0.15, 0.2) is 28.7 Å². The van der Waals surface area contributed by atoms with Gasteiger partial charge in [0.15, 0.2) is 0 Å². The molecule has 2 heterocycles. The fourth-order valence-electron chi connectivity index (χ4n) is 5.58. The highest BCUT2D eigenvalue weighted by Gasteiger charge is 2.76. The number of piperidine rings is 1. The summed E-state index contributed by atoms with van der Waals surface area (Å²) in [6, 6.07) is 7.65. The number of hydrogen-bond acceptors (Lipinski definition) is 4. The van der Waals surface area contributed by atoms with Crippen molar-refractivity contribution in [1.82, 2.24) is 4.90 Å². The van der Waals surface area contributed by atoms with E-state index in [2.05, 4.69) is 33.0 Å². The van der Waals surface area contributed by atoms with Gasteiger partial charge in [-0.05, 0) is 49.4 Å². The number of aliphatic carboxylic acids is 1. The predicted octanol–water partition coefficient (Wildman–Crippen LogP) is 1.73. The highest BCUT2D eigenvalue weighted by Crippen LogP contribution is 2.66. The Morgan fingerprint density at radius 3 is 2.12 bits per heavy atom. The van der Waals surface area contributed by atoms with E-state index in [0.717, 1.165) is 21.5 Å². The van der Waals surface area contributed by atoms with Crippen molar-refractivity contribution in [2.75, 3.05) is 4.90 Å². The van der Waals surface area contributed by atoms with Crippen molar-refractivity contribution in [3.8, 4) is 0 Å². The Morgan fingerprint density at radius 2 is 1.64 bits per heavy atom. The predicted molar refractivity (Wildman–Crippen MR) is 91.7 cm³/mol. The first kappa shape index (κ1) is 15.4. The van der Waals surface area contributed by atoms with Gasteiger partial charge in [-0.3, -0.25) is 14.5 Å². The van der Waals surface area contributed by atoms with Crippen molar-refractivity contribution in [2.24, 2.45) is 23.7 Å². The molecule has 2 amide bonds. The standard InChI is InChI=1S/C18H17BrN2O4/c1-7(18(24)25)20-16(22)12-10-6-11(13(12)17(20)23)15-14(10)21(15)9-4-2-8(19)3-5-9/h2-5,7,10-15H,6H2,1H3,(H,24,25). The van der Waals surface area contributed by atoms with Gasteiger partial charge in [-0.15, -0.1) is 0 Å². The maximum Gasteiger partial charge on any atom is 0.326 e. The Hall–Kier alpha value is -1.89. The third-order valence-corrected chi connectivity index (χ3v) is 7.08. The number of fused-ring (bicyclic) bond motifs is 8. The molecule has 2 saturated carbocycles. The zero-order valence-electron chi connectivity index (χ0n) is 13.5. The van der Waals surface area contributed by atoms with Crippen LogP contribution in [0.25, 0.3) is 0 Å². The molecule has 1 N–H and O–H groups in total. The summed E-state index contributed by atoms with van der Waals surface area (Å²) >= 11 is 3.44. The largest absolute Gasteiger partial charge is 0.480 e. The third kappa shape index (κ3) is 1.82. The summed E-state index contributed by atoms with van der Waals surface area (Å²) in [6.45, 7) is 1.41. The van der Waals surface area contributed by atoms with Crippen molar-refractivity contribution in [1.29, 1.82) is 0 Å². The van der Waals surface area contributed by atoms with Crippen LogP contribution in [0.5, 0.6) is 0 Å². The van der Waals surface area contributed by atoms with Crippen molar-refractivity contribution in [2.45, 2.75) is 31.5 Å². The summed E-state index contributed by atoms with van der Waals surface area (Å²) < 4.78 is 1.02. The Morgan fingerprint density at radius 1 is 1.12 bits per heavy atom. The number of rotatable bonds is 3. The molecule has 0 aromatic heterocycles. The number of carbonyl (C=O) groups is 3. The van der Waals surface area contributed by atoms with Crippen LogP contribution in [0.1, 0.15) is 13.3 Å². The third-order valence-electron chi connectivity index (χ3n) is 6.55. The summed E-state index contributed by atoms with van der Waals surface area (Å²) in [6.07, 6.45) is 0.907. The Kier molecular flexibility index (Phi) is 2.98. The van der Waals surface area contributed by atoms with Crippen LogP contribution in [0, 0.1) is 23.7 Å². The number of halogens is 1. The number of benzene rings is 1. The van der Waals surface area contributed by atoms with Gasteiger partial charge in [0.25, 0.3) is 0 Å². The maximum atomic E-state index is 12.8. The van der Waals surface area contributed by atoms with Gasteiger partial charge in [0.05, 0.1) is 23.9 Å². The van der Waals surface area contributed by atoms with Crippen LogP contribution in [0.2, 0.25) is 0 Å². The number of likely N-dealkylation sites (tertiary alicyclic amines) is 1. The smallest absolute Gasteiger partial charge is 0.326 e. The summed E-state index contributed by atoms with van der Waals surface area (Å²) in [5, 5.41) is 9.20. The highest BCUT2D eigenvalue weighted by molar-refractivity contribution is 9.10. The SMILES string of the molecule is CC(C(=O)O)N1C(=O)C2C3CC(C2C1=O)C1C3N1c1ccc(Br)cc1. The molecule has 0 radical (unpaired) electrons. The zero-order chi connectivity index (χ0) is 17.6. The van der Waals surface area contributed by atoms with E-state index in [1.54, 1.807) is 0 Å². The summed E-state index contributed by atoms with van der Waals surface area (Å²) in [5.41, 5.74) is 1.13. The molecule has 2 saturated heterocycles. The molecule has 2 aliphatic heterocycles. The number of carboxylic acid groups (broad SMARTS) is 1. The number of carboxylic acids is 1. The van der Waals surface area contributed by atoms with E-state index in [0.29, 0.717) is 12.1 Å². The normalized spacial score (nSPS) is 38.8. The average Bonchev–Trinajstić information content (AvgIpc) is 2.91. The second-order valence-corrected chi connectivity index (χ2v) is 8.46. The van der Waals surface area contributed by atoms with Gasteiger partial charge in [0.2, 0.25) is 11.8 Å². The van der Waals surface area contributed by atoms with Crippen molar-refractivity contribution < 1.29 is 19.5 Å². The number of imide groups is 1. The minimum absolute atomic E-state index is 0.158. The lowest BCUT2D eigenvalue weighted by molar-refractivity contribution is -0.154. The molecule has 2 bridgehead atoms. The molecular weight excluding hydrogens is 388 g/mol. The minimum atomic E-state index is -1.13. The fourth-order valence-corrected chi connectivity index (χ4v) is 5.85. The van der Waals surface area contributed by atoms with E-state index < -0.39 is 12.0 Å². The highest BCUT2D eigenvalue weighted by atomic mass is 79.9. The van der Waals surface area contributed by atoms with Crippen molar-refractivity contribution in [3.05, 3.63) is 28.7 Å². The topological polar surface area (TPSA) is 77.7 Å². The van der Waals surface area contributed by atoms with Crippen LogP contribution in [0.3, 0.4) is 0 Å². The molecule has 1 aromatic rings. The molecule has 2 aliphatic carbocycles. The molecule has 1 aromatic carbocycles. The molecule has 5 rings (SSSR count). The second kappa shape index (κ2) is 4.84. The van der Waals surface area contributed by atoms with Gasteiger partial charge in [0.1, 0.15) is 6.04 Å². The van der Waals surface area contributed by atoms with Gasteiger partial charge < -0.3 is 10.0 Å². The van der Waals surface area contributed by atoms with E-state index in [4.69, 9.17) is 0 Å². The van der Waals surface area contributed by atoms with Crippen LogP contribution >= 0.6 is 15.9 Å². The molecule has 6 nitrogen and oxygen atoms in total. The van der Waals surface area contributed by atoms with Crippen molar-refractivity contribution in [3.63, 3.8) is 0 Å². The van der Waals surface area contributed by atoms with E-state index >= 15 is 0 Å². The lowest BCUT2D eigenvalue weighted by Crippen LogP contribution is -2.44. The van der Waals surface area contributed by atoms with Crippen LogP contribution in [-0.4, -0.2) is 45.9 Å². The Labute approximate surface area is 152 Å². The second-order valence-electron chi connectivity index (χ2n) is 7.54. The summed E-state index contributed by atoms with van der Waals surface area (Å²) in [4.78, 5) is 40.2. The molecule has 7 heteroatoms. The number of hydrogen-bond donors (Lipinski definition) is 1. The van der Waals surface area contributed by atoms with Gasteiger partial charge in [-0.2, -0.15) is 0 Å². The molecule has 4 fully saturated rings. The van der Waals surface area contributed by atoms with Gasteiger partial charge in [-0.1, -0.05) is 15.9 Å². The average molecular weight is 405 g/mol. The first-order chi connectivity index (χ1) is 11.9. The number of nitrogens with zero attached hydrogens (tertiary/aromatic N) is 2. The maximum absolute atomic E-state index is 12.8. The molecular formula is C18H17BrN2O4. The molecule has 4 aliphatic rings. The van der Waals surface area contributed by atoms with E-state index in [9.17, 15) is 19.5 Å². The van der Waals surface area contributed by atoms with Crippen molar-refractivity contribution >= 4 is 39.4 Å². The van der Waals surface area contributed by atoms with Gasteiger partial charge >= 0.3 is 5.97 Å². The lowest BCUT2D eigenvalue weighted by Gasteiger charge is -2.23. The first-order valence-electron chi connectivity index (χ1n) is 8.55. The fraction of sp³-hybridized carbons (Fsp3) is 0.500. The van der Waals surface area contributed by atoms with Gasteiger partial charge in [-0.25, -0.2) is 4.79 Å². The first-order valence-corrected chi connectivity index (χ1v) is 9.34. The summed E-state index contributed by atoms with van der Waals surface area (Å²) in [7, 11) is 0. The molecule has 7 atom stereocenters. The van der Waals surface area contributed by atoms with Crippen LogP contribution < -0.4 is 4.90 Å². The lowest BCUT2D eigenvalue weighted by atomic mass is 9.81. The number of amides is 2. The number of carbonyl (C=O) groups excluding carboxylic acids is 2. The molecule has 130 valence electrons.